The third-order valence-electron chi connectivity index (χ3n) is 4.52. The molecule has 1 aromatic heterocycles. The van der Waals surface area contributed by atoms with Crippen LogP contribution in [0.4, 0.5) is 8.63 Å². The van der Waals surface area contributed by atoms with Crippen molar-refractivity contribution in [3.05, 3.63) is 75.8 Å². The van der Waals surface area contributed by atoms with E-state index in [1.54, 1.807) is 13.0 Å². The molecule has 0 atom stereocenters. The van der Waals surface area contributed by atoms with E-state index in [-0.39, 0.29) is 0 Å². The lowest BCUT2D eigenvalue weighted by atomic mass is 9.94. The standard InChI is InChI=1S/C21H19BF2N2/c1-6-17-7-9-18(10-8-17)19(20-13(2)11-15(4)25-20)21-14(3)12-16(5)26(21)22(23)24/h1,7-12H,2-5H3/b20-19-. The first kappa shape index (κ1) is 17.9. The smallest absolute Gasteiger partial charge is 0.329 e. The van der Waals surface area contributed by atoms with E-state index < -0.39 is 7.40 Å². The average Bonchev–Trinajstić information content (AvgIpc) is 3.07. The Hall–Kier alpha value is -2.87. The zero-order valence-corrected chi connectivity index (χ0v) is 15.3. The van der Waals surface area contributed by atoms with Gasteiger partial charge in [-0.1, -0.05) is 18.1 Å². The summed E-state index contributed by atoms with van der Waals surface area (Å²) in [6, 6.07) is 9.15. The van der Waals surface area contributed by atoms with E-state index in [0.29, 0.717) is 17.0 Å². The van der Waals surface area contributed by atoms with Crippen LogP contribution in [-0.4, -0.2) is 17.6 Å². The van der Waals surface area contributed by atoms with Gasteiger partial charge in [0.05, 0.1) is 5.70 Å². The van der Waals surface area contributed by atoms with Gasteiger partial charge in [0.15, 0.2) is 0 Å². The summed E-state index contributed by atoms with van der Waals surface area (Å²) in [6.07, 6.45) is 7.41. The first-order valence-corrected chi connectivity index (χ1v) is 8.35. The van der Waals surface area contributed by atoms with Crippen LogP contribution in [0.5, 0.6) is 0 Å². The van der Waals surface area contributed by atoms with Gasteiger partial charge in [-0.2, -0.15) is 0 Å². The van der Waals surface area contributed by atoms with Gasteiger partial charge in [-0.05, 0) is 68.7 Å². The maximum atomic E-state index is 13.8. The highest BCUT2D eigenvalue weighted by Crippen LogP contribution is 2.37. The SMILES string of the molecule is C#Cc1ccc(/C(=C2/N=C(C)C=C2C)c2c(C)cc(C)n2B(F)F)cc1. The van der Waals surface area contributed by atoms with Crippen molar-refractivity contribution in [1.29, 1.82) is 0 Å². The fourth-order valence-corrected chi connectivity index (χ4v) is 3.44. The van der Waals surface area contributed by atoms with Crippen molar-refractivity contribution in [1.82, 2.24) is 4.48 Å². The molecule has 0 bridgehead atoms. The molecule has 26 heavy (non-hydrogen) atoms. The summed E-state index contributed by atoms with van der Waals surface area (Å²) < 4.78 is 28.7. The third-order valence-corrected chi connectivity index (χ3v) is 4.52. The van der Waals surface area contributed by atoms with Crippen molar-refractivity contribution < 1.29 is 8.63 Å². The van der Waals surface area contributed by atoms with Gasteiger partial charge in [0.2, 0.25) is 0 Å². The fourth-order valence-electron chi connectivity index (χ4n) is 3.44. The summed E-state index contributed by atoms with van der Waals surface area (Å²) >= 11 is 0. The number of allylic oxidation sites excluding steroid dienone is 2. The molecule has 3 rings (SSSR count). The molecule has 0 spiro atoms. The number of benzene rings is 1. The summed E-state index contributed by atoms with van der Waals surface area (Å²) in [5, 5.41) is 0. The zero-order chi connectivity index (χ0) is 19.0. The van der Waals surface area contributed by atoms with Crippen molar-refractivity contribution in [2.24, 2.45) is 4.99 Å². The Morgan fingerprint density at radius 1 is 1.12 bits per heavy atom. The second-order valence-electron chi connectivity index (χ2n) is 6.49. The second kappa shape index (κ2) is 6.80. The van der Waals surface area contributed by atoms with Gasteiger partial charge >= 0.3 is 7.40 Å². The van der Waals surface area contributed by atoms with Crippen LogP contribution in [0.25, 0.3) is 5.57 Å². The monoisotopic (exact) mass is 348 g/mol. The van der Waals surface area contributed by atoms with Gasteiger partial charge in [0, 0.05) is 28.2 Å². The maximum Gasteiger partial charge on any atom is 0.677 e. The van der Waals surface area contributed by atoms with Crippen molar-refractivity contribution in [2.45, 2.75) is 27.7 Å². The van der Waals surface area contributed by atoms with Crippen LogP contribution in [0.3, 0.4) is 0 Å². The summed E-state index contributed by atoms with van der Waals surface area (Å²) in [5.41, 5.74) is 6.60. The van der Waals surface area contributed by atoms with E-state index in [1.165, 1.54) is 0 Å². The highest BCUT2D eigenvalue weighted by molar-refractivity contribution is 6.41. The van der Waals surface area contributed by atoms with E-state index in [4.69, 9.17) is 6.42 Å². The van der Waals surface area contributed by atoms with E-state index in [0.717, 1.165) is 38.2 Å². The largest absolute Gasteiger partial charge is 0.677 e. The highest BCUT2D eigenvalue weighted by Gasteiger charge is 2.29. The Balaban J connectivity index is 2.36. The van der Waals surface area contributed by atoms with Crippen molar-refractivity contribution in [2.75, 3.05) is 0 Å². The van der Waals surface area contributed by atoms with Gasteiger partial charge in [0.25, 0.3) is 0 Å². The molecule has 2 aromatic rings. The van der Waals surface area contributed by atoms with Gasteiger partial charge in [-0.15, -0.1) is 6.42 Å². The molecule has 0 aliphatic carbocycles. The molecule has 1 aliphatic rings. The van der Waals surface area contributed by atoms with Crippen LogP contribution in [-0.2, 0) is 0 Å². The Morgan fingerprint density at radius 2 is 1.77 bits per heavy atom. The molecule has 2 heterocycles. The van der Waals surface area contributed by atoms with Gasteiger partial charge in [-0.25, -0.2) is 0 Å². The fraction of sp³-hybridized carbons (Fsp3) is 0.190. The predicted octanol–water partition coefficient (Wildman–Crippen LogP) is 5.04. The topological polar surface area (TPSA) is 17.3 Å². The summed E-state index contributed by atoms with van der Waals surface area (Å²) in [6.45, 7) is 7.39. The van der Waals surface area contributed by atoms with Crippen LogP contribution in [0.15, 0.2) is 52.7 Å². The minimum Gasteiger partial charge on any atom is -0.329 e. The Labute approximate surface area is 153 Å². The first-order chi connectivity index (χ1) is 12.3. The third kappa shape index (κ3) is 3.03. The van der Waals surface area contributed by atoms with E-state index in [2.05, 4.69) is 10.9 Å². The van der Waals surface area contributed by atoms with Gasteiger partial charge in [0.1, 0.15) is 0 Å². The lowest BCUT2D eigenvalue weighted by molar-refractivity contribution is 0.624. The minimum atomic E-state index is -2.63. The van der Waals surface area contributed by atoms with Gasteiger partial charge < -0.3 is 4.48 Å². The molecular formula is C21H19BF2N2. The lowest BCUT2D eigenvalue weighted by Gasteiger charge is -2.16. The molecular weight excluding hydrogens is 329 g/mol. The van der Waals surface area contributed by atoms with Crippen LogP contribution in [0.1, 0.15) is 41.9 Å². The van der Waals surface area contributed by atoms with Crippen LogP contribution in [0, 0.1) is 26.2 Å². The zero-order valence-electron chi connectivity index (χ0n) is 15.3. The van der Waals surface area contributed by atoms with Crippen LogP contribution < -0.4 is 0 Å². The molecule has 0 saturated heterocycles. The predicted molar refractivity (Wildman–Crippen MR) is 105 cm³/mol. The lowest BCUT2D eigenvalue weighted by Crippen LogP contribution is -2.18. The number of terminal acetylenes is 1. The number of halogens is 2. The summed E-state index contributed by atoms with van der Waals surface area (Å²) in [4.78, 5) is 4.62. The Bertz CT molecular complexity index is 1000. The van der Waals surface area contributed by atoms with Crippen LogP contribution >= 0.6 is 0 Å². The molecule has 5 heteroatoms. The van der Waals surface area contributed by atoms with Crippen molar-refractivity contribution in [3.63, 3.8) is 0 Å². The Morgan fingerprint density at radius 3 is 2.27 bits per heavy atom. The second-order valence-corrected chi connectivity index (χ2v) is 6.49. The molecule has 0 fully saturated rings. The molecule has 0 amide bonds. The number of aryl methyl sites for hydroxylation is 2. The van der Waals surface area contributed by atoms with E-state index >= 15 is 0 Å². The number of hydrogen-bond acceptors (Lipinski definition) is 1. The first-order valence-electron chi connectivity index (χ1n) is 8.35. The average molecular weight is 348 g/mol. The summed E-state index contributed by atoms with van der Waals surface area (Å²) in [7, 11) is -2.63. The summed E-state index contributed by atoms with van der Waals surface area (Å²) in [5.74, 6) is 2.58. The van der Waals surface area contributed by atoms with Crippen molar-refractivity contribution >= 4 is 18.7 Å². The Kier molecular flexibility index (Phi) is 4.69. The van der Waals surface area contributed by atoms with Crippen LogP contribution in [0.2, 0.25) is 0 Å². The molecule has 0 radical (unpaired) electrons. The molecule has 1 aromatic carbocycles. The van der Waals surface area contributed by atoms with E-state index in [1.807, 2.05) is 51.1 Å². The highest BCUT2D eigenvalue weighted by atomic mass is 19.2. The molecule has 0 N–H and O–H groups in total. The number of rotatable bonds is 3. The number of nitrogens with zero attached hydrogens (tertiary/aromatic N) is 2. The quantitative estimate of drug-likeness (QED) is 0.546. The molecule has 2 nitrogen and oxygen atoms in total. The molecule has 130 valence electrons. The number of aromatic nitrogens is 1. The van der Waals surface area contributed by atoms with Gasteiger partial charge in [-0.3, -0.25) is 13.6 Å². The molecule has 1 aliphatic heterocycles. The minimum absolute atomic E-state index is 0.493. The number of hydrogen-bond donors (Lipinski definition) is 0. The molecule has 0 saturated carbocycles. The van der Waals surface area contributed by atoms with Crippen molar-refractivity contribution in [3.8, 4) is 12.3 Å². The number of aliphatic imine (C=N–C) groups is 1. The normalized spacial score (nSPS) is 15.4. The van der Waals surface area contributed by atoms with E-state index in [9.17, 15) is 8.63 Å². The maximum absolute atomic E-state index is 13.8. The molecule has 0 unspecified atom stereocenters.